The molecule has 1 N–H and O–H groups in total. The van der Waals surface area contributed by atoms with Gasteiger partial charge in [0.15, 0.2) is 11.5 Å². The minimum absolute atomic E-state index is 0.114. The van der Waals surface area contributed by atoms with E-state index in [1.807, 2.05) is 25.1 Å². The number of nitrogens with one attached hydrogen (secondary N) is 1. The molecule has 0 saturated heterocycles. The number of hydrogen-bond donors (Lipinski definition) is 1. The topological polar surface area (TPSA) is 69.2 Å². The molecule has 2 aromatic carbocycles. The highest BCUT2D eigenvalue weighted by Gasteiger charge is 2.04. The van der Waals surface area contributed by atoms with E-state index in [9.17, 15) is 4.79 Å². The molecule has 0 unspecified atom stereocenters. The summed E-state index contributed by atoms with van der Waals surface area (Å²) in [4.78, 5) is 11.9. The Morgan fingerprint density at radius 3 is 2.37 bits per heavy atom. The molecule has 0 aromatic heterocycles. The number of ether oxygens (including phenoxy) is 3. The van der Waals surface area contributed by atoms with Gasteiger partial charge in [0.2, 0.25) is 5.91 Å². The van der Waals surface area contributed by atoms with E-state index in [1.54, 1.807) is 39.7 Å². The van der Waals surface area contributed by atoms with Crippen LogP contribution in [0.3, 0.4) is 0 Å². The molecule has 0 fully saturated rings. The number of benzene rings is 2. The number of carbonyl (C=O) groups excluding carboxylic acids is 1. The third kappa shape index (κ3) is 6.02. The first kappa shape index (κ1) is 20.3. The maximum absolute atomic E-state index is 11.9. The molecular weight excluding hydrogens is 344 g/mol. The first-order valence-electron chi connectivity index (χ1n) is 8.74. The average molecular weight is 370 g/mol. The zero-order valence-corrected chi connectivity index (χ0v) is 16.2. The van der Waals surface area contributed by atoms with E-state index in [-0.39, 0.29) is 5.91 Å². The summed E-state index contributed by atoms with van der Waals surface area (Å²) in [6.07, 6.45) is 3.57. The van der Waals surface area contributed by atoms with Crippen molar-refractivity contribution < 1.29 is 19.0 Å². The molecule has 27 heavy (non-hydrogen) atoms. The SMILES string of the molecule is COc1ccc(CCCC(=O)N/N=C\c2ccc(OC)c(OC)c2)cc1C. The molecule has 2 rings (SSSR count). The van der Waals surface area contributed by atoms with Gasteiger partial charge in [-0.1, -0.05) is 12.1 Å². The first-order valence-corrected chi connectivity index (χ1v) is 8.74. The van der Waals surface area contributed by atoms with Crippen molar-refractivity contribution in [1.82, 2.24) is 5.43 Å². The lowest BCUT2D eigenvalue weighted by molar-refractivity contribution is -0.121. The normalized spacial score (nSPS) is 10.7. The standard InChI is InChI=1S/C21H26N2O4/c1-15-12-16(8-10-18(15)25-2)6-5-7-21(24)23-22-14-17-9-11-19(26-3)20(13-17)27-4/h8-14H,5-7H2,1-4H3,(H,23,24)/b22-14-. The zero-order valence-electron chi connectivity index (χ0n) is 16.2. The van der Waals surface area contributed by atoms with Crippen LogP contribution in [0.15, 0.2) is 41.5 Å². The van der Waals surface area contributed by atoms with Crippen molar-refractivity contribution in [2.24, 2.45) is 5.10 Å². The summed E-state index contributed by atoms with van der Waals surface area (Å²) in [6, 6.07) is 11.5. The third-order valence-electron chi connectivity index (χ3n) is 4.14. The fraction of sp³-hybridized carbons (Fsp3) is 0.333. The van der Waals surface area contributed by atoms with Gasteiger partial charge in [-0.3, -0.25) is 4.79 Å². The molecule has 2 aromatic rings. The summed E-state index contributed by atoms with van der Waals surface area (Å²) >= 11 is 0. The minimum Gasteiger partial charge on any atom is -0.496 e. The summed E-state index contributed by atoms with van der Waals surface area (Å²) < 4.78 is 15.7. The number of nitrogens with zero attached hydrogens (tertiary/aromatic N) is 1. The summed E-state index contributed by atoms with van der Waals surface area (Å²) in [5.74, 6) is 2.02. The Hall–Kier alpha value is -3.02. The van der Waals surface area contributed by atoms with E-state index >= 15 is 0 Å². The molecule has 6 nitrogen and oxygen atoms in total. The van der Waals surface area contributed by atoms with Crippen LogP contribution in [0, 0.1) is 6.92 Å². The second kappa shape index (κ2) is 10.2. The molecule has 0 saturated carbocycles. The quantitative estimate of drug-likeness (QED) is 0.542. The molecule has 0 aliphatic rings. The van der Waals surface area contributed by atoms with E-state index in [1.165, 1.54) is 5.56 Å². The fourth-order valence-corrected chi connectivity index (χ4v) is 2.72. The smallest absolute Gasteiger partial charge is 0.240 e. The van der Waals surface area contributed by atoms with Crippen molar-refractivity contribution in [3.05, 3.63) is 53.1 Å². The number of amides is 1. The molecule has 0 aliphatic heterocycles. The predicted molar refractivity (Wildman–Crippen MR) is 106 cm³/mol. The van der Waals surface area contributed by atoms with Crippen molar-refractivity contribution in [2.45, 2.75) is 26.2 Å². The van der Waals surface area contributed by atoms with Gasteiger partial charge in [0, 0.05) is 6.42 Å². The molecule has 144 valence electrons. The van der Waals surface area contributed by atoms with Crippen LogP contribution in [0.25, 0.3) is 0 Å². The van der Waals surface area contributed by atoms with Gasteiger partial charge < -0.3 is 14.2 Å². The van der Waals surface area contributed by atoms with Crippen molar-refractivity contribution in [3.63, 3.8) is 0 Å². The Labute approximate surface area is 160 Å². The molecular formula is C21H26N2O4. The largest absolute Gasteiger partial charge is 0.496 e. The van der Waals surface area contributed by atoms with E-state index in [2.05, 4.69) is 16.6 Å². The van der Waals surface area contributed by atoms with Crippen LogP contribution < -0.4 is 19.6 Å². The maximum atomic E-state index is 11.9. The lowest BCUT2D eigenvalue weighted by Crippen LogP contribution is -2.17. The molecule has 0 bridgehead atoms. The van der Waals surface area contributed by atoms with Crippen molar-refractivity contribution in [3.8, 4) is 17.2 Å². The number of carbonyl (C=O) groups is 1. The molecule has 0 aliphatic carbocycles. The highest BCUT2D eigenvalue weighted by atomic mass is 16.5. The van der Waals surface area contributed by atoms with Crippen molar-refractivity contribution in [2.75, 3.05) is 21.3 Å². The minimum atomic E-state index is -0.114. The van der Waals surface area contributed by atoms with Crippen LogP contribution in [0.4, 0.5) is 0 Å². The second-order valence-corrected chi connectivity index (χ2v) is 6.07. The van der Waals surface area contributed by atoms with E-state index < -0.39 is 0 Å². The van der Waals surface area contributed by atoms with Gasteiger partial charge in [0.25, 0.3) is 0 Å². The molecule has 0 atom stereocenters. The highest BCUT2D eigenvalue weighted by Crippen LogP contribution is 2.26. The van der Waals surface area contributed by atoms with Crippen molar-refractivity contribution >= 4 is 12.1 Å². The van der Waals surface area contributed by atoms with Gasteiger partial charge in [0.1, 0.15) is 5.75 Å². The highest BCUT2D eigenvalue weighted by molar-refractivity contribution is 5.83. The number of rotatable bonds is 9. The van der Waals surface area contributed by atoms with Crippen molar-refractivity contribution in [1.29, 1.82) is 0 Å². The molecule has 0 radical (unpaired) electrons. The lowest BCUT2D eigenvalue weighted by atomic mass is 10.1. The summed E-state index contributed by atoms with van der Waals surface area (Å²) in [6.45, 7) is 2.01. The second-order valence-electron chi connectivity index (χ2n) is 6.07. The van der Waals surface area contributed by atoms with Gasteiger partial charge in [0.05, 0.1) is 27.5 Å². The van der Waals surface area contributed by atoms with Gasteiger partial charge >= 0.3 is 0 Å². The van der Waals surface area contributed by atoms with E-state index in [0.717, 1.165) is 29.7 Å². The summed E-state index contributed by atoms with van der Waals surface area (Å²) in [7, 11) is 4.82. The molecule has 0 heterocycles. The van der Waals surface area contributed by atoms with Crippen LogP contribution in [0.2, 0.25) is 0 Å². The van der Waals surface area contributed by atoms with Crippen LogP contribution in [-0.4, -0.2) is 33.5 Å². The zero-order chi connectivity index (χ0) is 19.6. The van der Waals surface area contributed by atoms with Gasteiger partial charge in [-0.25, -0.2) is 5.43 Å². The van der Waals surface area contributed by atoms with Crippen LogP contribution in [-0.2, 0) is 11.2 Å². The molecule has 1 amide bonds. The number of methoxy groups -OCH3 is 3. The third-order valence-corrected chi connectivity index (χ3v) is 4.14. The maximum Gasteiger partial charge on any atom is 0.240 e. The monoisotopic (exact) mass is 370 g/mol. The Balaban J connectivity index is 1.79. The van der Waals surface area contributed by atoms with E-state index in [4.69, 9.17) is 14.2 Å². The Bertz CT molecular complexity index is 803. The first-order chi connectivity index (χ1) is 13.1. The summed E-state index contributed by atoms with van der Waals surface area (Å²) in [5.41, 5.74) is 5.64. The lowest BCUT2D eigenvalue weighted by Gasteiger charge is -2.07. The van der Waals surface area contributed by atoms with Gasteiger partial charge in [-0.2, -0.15) is 5.10 Å². The van der Waals surface area contributed by atoms with Crippen LogP contribution >= 0.6 is 0 Å². The Morgan fingerprint density at radius 2 is 1.70 bits per heavy atom. The van der Waals surface area contributed by atoms with Crippen LogP contribution in [0.1, 0.15) is 29.5 Å². The predicted octanol–water partition coefficient (Wildman–Crippen LogP) is 3.49. The number of hydrogen-bond acceptors (Lipinski definition) is 5. The van der Waals surface area contributed by atoms with Crippen LogP contribution in [0.5, 0.6) is 17.2 Å². The Morgan fingerprint density at radius 1 is 1.00 bits per heavy atom. The number of hydrazone groups is 1. The fourth-order valence-electron chi connectivity index (χ4n) is 2.72. The van der Waals surface area contributed by atoms with Gasteiger partial charge in [-0.15, -0.1) is 0 Å². The number of aryl methyl sites for hydroxylation is 2. The van der Waals surface area contributed by atoms with E-state index in [0.29, 0.717) is 17.9 Å². The average Bonchev–Trinajstić information content (AvgIpc) is 2.68. The van der Waals surface area contributed by atoms with Gasteiger partial charge in [-0.05, 0) is 60.7 Å². The summed E-state index contributed by atoms with van der Waals surface area (Å²) in [5, 5.41) is 4.00. The Kier molecular flexibility index (Phi) is 7.67. The molecule has 0 spiro atoms. The molecule has 6 heteroatoms.